The van der Waals surface area contributed by atoms with Gasteiger partial charge in [-0.2, -0.15) is 4.68 Å². The van der Waals surface area contributed by atoms with Crippen molar-refractivity contribution in [2.24, 2.45) is 0 Å². The molecular weight excluding hydrogens is 315 g/mol. The molecule has 112 valence electrons. The van der Waals surface area contributed by atoms with Crippen LogP contribution in [0.25, 0.3) is 5.69 Å². The lowest BCUT2D eigenvalue weighted by Crippen LogP contribution is -2.14. The van der Waals surface area contributed by atoms with E-state index in [9.17, 15) is 14.3 Å². The maximum absolute atomic E-state index is 13.7. The number of hydrogen-bond donors (Lipinski definition) is 1. The first-order valence-corrected chi connectivity index (χ1v) is 6.44. The van der Waals surface area contributed by atoms with Gasteiger partial charge in [-0.3, -0.25) is 0 Å². The fourth-order valence-electron chi connectivity index (χ4n) is 1.74. The van der Waals surface area contributed by atoms with E-state index < -0.39 is 17.7 Å². The molecule has 0 aliphatic carbocycles. The van der Waals surface area contributed by atoms with E-state index in [0.717, 1.165) is 4.68 Å². The van der Waals surface area contributed by atoms with Crippen molar-refractivity contribution < 1.29 is 18.7 Å². The van der Waals surface area contributed by atoms with Gasteiger partial charge in [0, 0.05) is 6.07 Å². The Hall–Kier alpha value is -2.80. The number of benzene rings is 2. The van der Waals surface area contributed by atoms with Crippen LogP contribution in [0.2, 0.25) is 5.02 Å². The van der Waals surface area contributed by atoms with Crippen LogP contribution in [0.3, 0.4) is 0 Å². The van der Waals surface area contributed by atoms with Gasteiger partial charge in [0.15, 0.2) is 5.75 Å². The molecule has 0 saturated heterocycles. The lowest BCUT2D eigenvalue weighted by atomic mass is 10.3. The van der Waals surface area contributed by atoms with Gasteiger partial charge in [0.05, 0.1) is 5.02 Å². The summed E-state index contributed by atoms with van der Waals surface area (Å²) in [6.45, 7) is 0. The highest BCUT2D eigenvalue weighted by Gasteiger charge is 2.15. The average molecular weight is 323 g/mol. The molecule has 8 heteroatoms. The third-order valence-corrected chi connectivity index (χ3v) is 3.02. The smallest absolute Gasteiger partial charge is 0.444 e. The second kappa shape index (κ2) is 5.53. The molecule has 22 heavy (non-hydrogen) atoms. The summed E-state index contributed by atoms with van der Waals surface area (Å²) in [6.07, 6.45) is -0.402. The van der Waals surface area contributed by atoms with Crippen molar-refractivity contribution in [3.63, 3.8) is 0 Å². The first kappa shape index (κ1) is 14.2. The summed E-state index contributed by atoms with van der Waals surface area (Å²) in [4.78, 5) is 11.7. The van der Waals surface area contributed by atoms with Crippen molar-refractivity contribution >= 4 is 11.6 Å². The van der Waals surface area contributed by atoms with E-state index in [-0.39, 0.29) is 22.2 Å². The van der Waals surface area contributed by atoms with Gasteiger partial charge >= 0.3 is 11.8 Å². The maximum Gasteiger partial charge on any atom is 0.444 e. The molecule has 0 fully saturated rings. The summed E-state index contributed by atoms with van der Waals surface area (Å²) in [7, 11) is 0. The summed E-state index contributed by atoms with van der Waals surface area (Å²) in [5, 5.41) is 13.1. The van der Waals surface area contributed by atoms with Crippen LogP contribution in [-0.2, 0) is 0 Å². The van der Waals surface area contributed by atoms with Crippen LogP contribution in [0.5, 0.6) is 17.6 Å². The van der Waals surface area contributed by atoms with Gasteiger partial charge < -0.3 is 14.3 Å². The largest absolute Gasteiger partial charge is 0.508 e. The lowest BCUT2D eigenvalue weighted by Gasteiger charge is -2.02. The molecule has 1 heterocycles. The van der Waals surface area contributed by atoms with Gasteiger partial charge in [-0.05, 0) is 24.3 Å². The fraction of sp³-hybridized carbons (Fsp3) is 0. The van der Waals surface area contributed by atoms with Crippen molar-refractivity contribution in [3.8, 4) is 23.3 Å². The third kappa shape index (κ3) is 2.66. The quantitative estimate of drug-likeness (QED) is 0.801. The van der Waals surface area contributed by atoms with Crippen LogP contribution < -0.4 is 10.5 Å². The number of phenolic OH excluding ortho intramolecular Hbond substituents is 1. The number of nitrogens with zero attached hydrogens (tertiary/aromatic N) is 2. The zero-order valence-corrected chi connectivity index (χ0v) is 11.6. The van der Waals surface area contributed by atoms with E-state index in [0.29, 0.717) is 0 Å². The number of phenols is 1. The van der Waals surface area contributed by atoms with E-state index in [1.165, 1.54) is 36.4 Å². The summed E-state index contributed by atoms with van der Waals surface area (Å²) >= 11 is 5.87. The molecule has 0 aliphatic heterocycles. The number of rotatable bonds is 3. The Labute approximate surface area is 127 Å². The molecule has 0 unspecified atom stereocenters. The highest BCUT2D eigenvalue weighted by molar-refractivity contribution is 6.32. The summed E-state index contributed by atoms with van der Waals surface area (Å²) < 4.78 is 24.4. The Balaban J connectivity index is 1.96. The topological polar surface area (TPSA) is 77.5 Å². The number of para-hydroxylation sites is 1. The summed E-state index contributed by atoms with van der Waals surface area (Å²) in [6, 6.07) is 9.56. The first-order valence-electron chi connectivity index (χ1n) is 6.06. The van der Waals surface area contributed by atoms with Crippen molar-refractivity contribution in [2.75, 3.05) is 0 Å². The first-order chi connectivity index (χ1) is 10.5. The van der Waals surface area contributed by atoms with E-state index in [1.54, 1.807) is 6.07 Å². The molecular formula is C14H8ClFN2O4. The minimum atomic E-state index is -0.907. The van der Waals surface area contributed by atoms with Crippen molar-refractivity contribution in [1.82, 2.24) is 9.78 Å². The van der Waals surface area contributed by atoms with Gasteiger partial charge in [-0.15, -0.1) is 0 Å². The van der Waals surface area contributed by atoms with Crippen LogP contribution in [0.15, 0.2) is 51.7 Å². The number of aromatic nitrogens is 2. The third-order valence-electron chi connectivity index (χ3n) is 2.72. The van der Waals surface area contributed by atoms with Crippen molar-refractivity contribution in [2.45, 2.75) is 0 Å². The highest BCUT2D eigenvalue weighted by Crippen LogP contribution is 2.31. The van der Waals surface area contributed by atoms with Crippen molar-refractivity contribution in [1.29, 1.82) is 0 Å². The van der Waals surface area contributed by atoms with Gasteiger partial charge in [-0.25, -0.2) is 9.18 Å². The average Bonchev–Trinajstić information content (AvgIpc) is 2.83. The normalized spacial score (nSPS) is 10.6. The van der Waals surface area contributed by atoms with E-state index in [4.69, 9.17) is 20.8 Å². The minimum Gasteiger partial charge on any atom is -0.508 e. The monoisotopic (exact) mass is 322 g/mol. The molecule has 3 aromatic rings. The van der Waals surface area contributed by atoms with Gasteiger partial charge in [0.1, 0.15) is 17.3 Å². The Morgan fingerprint density at radius 3 is 2.77 bits per heavy atom. The number of ether oxygens (including phenoxy) is 1. The zero-order chi connectivity index (χ0) is 15.7. The fourth-order valence-corrected chi connectivity index (χ4v) is 1.96. The van der Waals surface area contributed by atoms with Gasteiger partial charge in [-0.1, -0.05) is 28.8 Å². The Kier molecular flexibility index (Phi) is 3.56. The Morgan fingerprint density at radius 1 is 1.27 bits per heavy atom. The van der Waals surface area contributed by atoms with E-state index in [2.05, 4.69) is 5.10 Å². The molecule has 2 aromatic carbocycles. The zero-order valence-electron chi connectivity index (χ0n) is 10.9. The van der Waals surface area contributed by atoms with Crippen LogP contribution in [0, 0.1) is 5.82 Å². The molecule has 0 atom stereocenters. The molecule has 0 spiro atoms. The lowest BCUT2D eigenvalue weighted by molar-refractivity contribution is 0.320. The number of hydrogen-bond acceptors (Lipinski definition) is 5. The number of aromatic hydroxyl groups is 1. The van der Waals surface area contributed by atoms with Crippen LogP contribution in [-0.4, -0.2) is 14.9 Å². The van der Waals surface area contributed by atoms with E-state index >= 15 is 0 Å². The molecule has 1 N–H and O–H groups in total. The molecule has 3 rings (SSSR count). The van der Waals surface area contributed by atoms with Gasteiger partial charge in [0.25, 0.3) is 0 Å². The van der Waals surface area contributed by atoms with Crippen LogP contribution in [0.4, 0.5) is 4.39 Å². The molecule has 0 amide bonds. The Morgan fingerprint density at radius 2 is 2.05 bits per heavy atom. The summed E-state index contributed by atoms with van der Waals surface area (Å²) in [5.41, 5.74) is -0.0668. The van der Waals surface area contributed by atoms with Crippen LogP contribution in [0.1, 0.15) is 0 Å². The molecule has 0 radical (unpaired) electrons. The predicted octanol–water partition coefficient (Wildman–Crippen LogP) is 3.12. The molecule has 6 nitrogen and oxygen atoms in total. The molecule has 0 saturated carbocycles. The van der Waals surface area contributed by atoms with Crippen molar-refractivity contribution in [3.05, 3.63) is 63.9 Å². The van der Waals surface area contributed by atoms with Gasteiger partial charge in [0.2, 0.25) is 0 Å². The second-order valence-electron chi connectivity index (χ2n) is 4.21. The molecule has 0 aliphatic rings. The molecule has 0 bridgehead atoms. The standard InChI is InChI=1S/C14H8ClFN2O4/c15-9-7-8(19)5-6-12(9)21-13-17-18(14(20)22-13)11-4-2-1-3-10(11)16/h1-7,19H. The SMILES string of the molecule is O=c1oc(Oc2ccc(O)cc2Cl)nn1-c1ccccc1F. The maximum atomic E-state index is 13.7. The summed E-state index contributed by atoms with van der Waals surface area (Å²) in [5.74, 6) is -1.46. The van der Waals surface area contributed by atoms with Crippen LogP contribution >= 0.6 is 11.6 Å². The predicted molar refractivity (Wildman–Crippen MR) is 75.2 cm³/mol. The highest BCUT2D eigenvalue weighted by atomic mass is 35.5. The van der Waals surface area contributed by atoms with E-state index in [1.807, 2.05) is 0 Å². The second-order valence-corrected chi connectivity index (χ2v) is 4.62. The minimum absolute atomic E-state index is 0.0457. The molecule has 1 aromatic heterocycles. The Bertz CT molecular complexity index is 891. The number of halogens is 2.